The Labute approximate surface area is 233 Å². The second-order valence-electron chi connectivity index (χ2n) is 9.22. The minimum atomic E-state index is -1.06. The minimum Gasteiger partial charge on any atom is -0.484 e. The van der Waals surface area contributed by atoms with Crippen LogP contribution in [0.4, 0.5) is 10.5 Å². The number of carbonyl (C=O) groups is 4. The van der Waals surface area contributed by atoms with E-state index in [-0.39, 0.29) is 30.4 Å². The number of ether oxygens (including phenoxy) is 4. The zero-order valence-electron chi connectivity index (χ0n) is 21.8. The monoisotopic (exact) mass is 570 g/mol. The van der Waals surface area contributed by atoms with Gasteiger partial charge in [-0.25, -0.2) is 9.59 Å². The number of rotatable bonds is 10. The van der Waals surface area contributed by atoms with Gasteiger partial charge in [-0.3, -0.25) is 24.6 Å². The van der Waals surface area contributed by atoms with Crippen LogP contribution in [0.25, 0.3) is 0 Å². The number of esters is 1. The molecule has 0 aliphatic carbocycles. The van der Waals surface area contributed by atoms with Crippen molar-refractivity contribution in [3.8, 4) is 0 Å². The number of hydrogen-bond donors (Lipinski definition) is 0. The van der Waals surface area contributed by atoms with Crippen molar-refractivity contribution in [1.82, 2.24) is 4.90 Å². The molecule has 210 valence electrons. The zero-order chi connectivity index (χ0) is 29.0. The summed E-state index contributed by atoms with van der Waals surface area (Å²) in [4.78, 5) is 63.0. The number of fused-ring (bicyclic) bond motifs is 1. The summed E-state index contributed by atoms with van der Waals surface area (Å²) < 4.78 is 21.4. The fraction of sp³-hybridized carbons (Fsp3) is 0.333. The lowest BCUT2D eigenvalue weighted by Crippen LogP contribution is -2.65. The topological polar surface area (TPSA) is 152 Å². The molecule has 2 aromatic rings. The summed E-state index contributed by atoms with van der Waals surface area (Å²) in [6.07, 6.45) is -2.51. The minimum absolute atomic E-state index is 0.0737. The Morgan fingerprint density at radius 3 is 2.23 bits per heavy atom. The van der Waals surface area contributed by atoms with Gasteiger partial charge in [0.05, 0.1) is 11.0 Å². The van der Waals surface area contributed by atoms with Crippen molar-refractivity contribution in [3.63, 3.8) is 0 Å². The van der Waals surface area contributed by atoms with Crippen LogP contribution >= 0.6 is 11.8 Å². The van der Waals surface area contributed by atoms with Crippen LogP contribution in [0.3, 0.4) is 0 Å². The van der Waals surface area contributed by atoms with Gasteiger partial charge in [-0.15, -0.1) is 0 Å². The van der Waals surface area contributed by atoms with Gasteiger partial charge >= 0.3 is 12.1 Å². The van der Waals surface area contributed by atoms with Gasteiger partial charge in [-0.1, -0.05) is 42.1 Å². The molecular formula is C27H26N2O10S. The molecule has 2 aliphatic heterocycles. The molecule has 4 rings (SSSR count). The molecule has 0 spiro atoms. The predicted octanol–water partition coefficient (Wildman–Crippen LogP) is 4.07. The maximum atomic E-state index is 13.2. The first-order chi connectivity index (χ1) is 19.1. The number of thioether (sulfide) groups is 1. The molecule has 1 amide bonds. The Kier molecular flexibility index (Phi) is 8.73. The molecule has 0 radical (unpaired) electrons. The molecule has 1 saturated heterocycles. The Morgan fingerprint density at radius 2 is 1.60 bits per heavy atom. The van der Waals surface area contributed by atoms with E-state index in [1.807, 2.05) is 6.07 Å². The van der Waals surface area contributed by atoms with Gasteiger partial charge in [0.25, 0.3) is 10.8 Å². The molecule has 2 heterocycles. The molecule has 2 aromatic carbocycles. The molecule has 0 saturated carbocycles. The van der Waals surface area contributed by atoms with Gasteiger partial charge in [0.15, 0.2) is 5.70 Å². The predicted molar refractivity (Wildman–Crippen MR) is 140 cm³/mol. The van der Waals surface area contributed by atoms with E-state index in [1.54, 1.807) is 38.1 Å². The molecule has 0 bridgehead atoms. The number of benzene rings is 2. The van der Waals surface area contributed by atoms with E-state index in [4.69, 9.17) is 18.9 Å². The number of nitro groups is 1. The summed E-state index contributed by atoms with van der Waals surface area (Å²) in [5, 5.41) is 9.40. The Bertz CT molecular complexity index is 1340. The van der Waals surface area contributed by atoms with Crippen molar-refractivity contribution in [3.05, 3.63) is 87.3 Å². The van der Waals surface area contributed by atoms with Crippen LogP contribution < -0.4 is 0 Å². The molecular weight excluding hydrogens is 544 g/mol. The third-order valence-corrected chi connectivity index (χ3v) is 7.15. The lowest BCUT2D eigenvalue weighted by Gasteiger charge is -2.49. The van der Waals surface area contributed by atoms with Gasteiger partial charge in [0.1, 0.15) is 30.6 Å². The molecule has 1 fully saturated rings. The quantitative estimate of drug-likeness (QED) is 0.176. The number of hydrogen-bond acceptors (Lipinski definition) is 11. The van der Waals surface area contributed by atoms with Gasteiger partial charge in [-0.05, 0) is 44.0 Å². The average Bonchev–Trinajstić information content (AvgIpc) is 2.92. The first-order valence-corrected chi connectivity index (χ1v) is 13.2. The molecule has 12 nitrogen and oxygen atoms in total. The van der Waals surface area contributed by atoms with Crippen LogP contribution in [0.5, 0.6) is 0 Å². The molecule has 13 heteroatoms. The van der Waals surface area contributed by atoms with E-state index in [0.717, 1.165) is 22.2 Å². The van der Waals surface area contributed by atoms with Crippen LogP contribution in [-0.2, 0) is 46.5 Å². The van der Waals surface area contributed by atoms with Crippen LogP contribution in [0.15, 0.2) is 66.1 Å². The zero-order valence-corrected chi connectivity index (χ0v) is 22.6. The summed E-state index contributed by atoms with van der Waals surface area (Å²) in [5.41, 5.74) is 0.827. The summed E-state index contributed by atoms with van der Waals surface area (Å²) in [6, 6.07) is 14.4. The molecule has 3 atom stereocenters. The summed E-state index contributed by atoms with van der Waals surface area (Å²) in [5.74, 6) is -2.63. The van der Waals surface area contributed by atoms with Gasteiger partial charge in [-0.2, -0.15) is 0 Å². The number of nitrogens with zero attached hydrogens (tertiary/aromatic N) is 2. The van der Waals surface area contributed by atoms with E-state index in [9.17, 15) is 29.3 Å². The van der Waals surface area contributed by atoms with E-state index < -0.39 is 51.6 Å². The second-order valence-corrected chi connectivity index (χ2v) is 10.3. The van der Waals surface area contributed by atoms with Crippen LogP contribution in [-0.4, -0.2) is 50.6 Å². The maximum Gasteiger partial charge on any atom is 0.508 e. The lowest BCUT2D eigenvalue weighted by atomic mass is 9.91. The van der Waals surface area contributed by atoms with Gasteiger partial charge in [0.2, 0.25) is 11.7 Å². The maximum absolute atomic E-state index is 13.2. The van der Waals surface area contributed by atoms with Crippen molar-refractivity contribution < 1.29 is 43.0 Å². The standard InChI is InChI=1S/C27H26N2O10S/c1-15(2)38-22-21(25(31)36-13-17-7-5-4-6-8-17)28-23(30)20(24(28)40-26(22)32)16(3)39-27(33)37-14-18-9-11-19(12-10-18)29(34)35/h4-12,15-16,20,24H,13-14H2,1-3H3/t16-,20+,24+/m1/s1. The lowest BCUT2D eigenvalue weighted by molar-refractivity contribution is -0.384. The number of β-lactam (4-membered cyclic amide) rings is 1. The molecule has 0 unspecified atom stereocenters. The van der Waals surface area contributed by atoms with Crippen LogP contribution in [0, 0.1) is 16.0 Å². The molecule has 40 heavy (non-hydrogen) atoms. The highest BCUT2D eigenvalue weighted by molar-refractivity contribution is 8.14. The number of nitro benzene ring substituents is 1. The van der Waals surface area contributed by atoms with Crippen LogP contribution in [0.1, 0.15) is 31.9 Å². The molecule has 2 aliphatic rings. The highest BCUT2D eigenvalue weighted by Crippen LogP contribution is 2.47. The number of non-ortho nitro benzene ring substituents is 1. The van der Waals surface area contributed by atoms with Crippen molar-refractivity contribution in [2.45, 2.75) is 51.6 Å². The Balaban J connectivity index is 1.42. The normalized spacial score (nSPS) is 18.9. The highest BCUT2D eigenvalue weighted by atomic mass is 32.2. The number of amides is 1. The first kappa shape index (κ1) is 28.6. The van der Waals surface area contributed by atoms with E-state index in [2.05, 4.69) is 0 Å². The van der Waals surface area contributed by atoms with Crippen molar-refractivity contribution in [1.29, 1.82) is 0 Å². The fourth-order valence-electron chi connectivity index (χ4n) is 4.09. The number of carbonyl (C=O) groups excluding carboxylic acids is 4. The largest absolute Gasteiger partial charge is 0.508 e. The van der Waals surface area contributed by atoms with Crippen molar-refractivity contribution >= 4 is 40.6 Å². The van der Waals surface area contributed by atoms with Crippen molar-refractivity contribution in [2.75, 3.05) is 0 Å². The summed E-state index contributed by atoms with van der Waals surface area (Å²) >= 11 is 0.791. The Morgan fingerprint density at radius 1 is 0.975 bits per heavy atom. The van der Waals surface area contributed by atoms with E-state index in [0.29, 0.717) is 5.56 Å². The van der Waals surface area contributed by atoms with Crippen LogP contribution in [0.2, 0.25) is 0 Å². The third kappa shape index (κ3) is 6.25. The average molecular weight is 571 g/mol. The Hall–Kier alpha value is -4.39. The molecule has 0 aromatic heterocycles. The second kappa shape index (κ2) is 12.2. The first-order valence-electron chi connectivity index (χ1n) is 12.3. The summed E-state index contributed by atoms with van der Waals surface area (Å²) in [7, 11) is 0. The summed E-state index contributed by atoms with van der Waals surface area (Å²) in [6.45, 7) is 4.57. The fourth-order valence-corrected chi connectivity index (χ4v) is 5.36. The highest BCUT2D eigenvalue weighted by Gasteiger charge is 2.59. The van der Waals surface area contributed by atoms with Gasteiger partial charge in [0, 0.05) is 12.1 Å². The van der Waals surface area contributed by atoms with E-state index >= 15 is 0 Å². The molecule has 0 N–H and O–H groups in total. The van der Waals surface area contributed by atoms with E-state index in [1.165, 1.54) is 31.2 Å². The third-order valence-electron chi connectivity index (χ3n) is 6.00. The van der Waals surface area contributed by atoms with Gasteiger partial charge < -0.3 is 18.9 Å². The SMILES string of the molecule is CC(C)OC1=C(C(=O)OCc2ccccc2)N2C(=O)[C@H]([C@@H](C)OC(=O)OCc3ccc([N+](=O)[O-])cc3)[C@@H]2SC1=O. The van der Waals surface area contributed by atoms with Crippen molar-refractivity contribution in [2.24, 2.45) is 5.92 Å². The smallest absolute Gasteiger partial charge is 0.484 e.